The average Bonchev–Trinajstić information content (AvgIpc) is 3.46. The van der Waals surface area contributed by atoms with Gasteiger partial charge in [0.25, 0.3) is 5.91 Å². The first-order chi connectivity index (χ1) is 16.0. The van der Waals surface area contributed by atoms with Crippen LogP contribution in [-0.4, -0.2) is 31.3 Å². The number of aromatic nitrogens is 4. The molecule has 2 aromatic heterocycles. The molecule has 0 saturated heterocycles. The van der Waals surface area contributed by atoms with E-state index in [1.165, 1.54) is 35.0 Å². The van der Waals surface area contributed by atoms with Crippen LogP contribution in [0.25, 0.3) is 16.6 Å². The second-order valence-corrected chi connectivity index (χ2v) is 9.79. The summed E-state index contributed by atoms with van der Waals surface area (Å²) in [6.45, 7) is 4.83. The zero-order valence-corrected chi connectivity index (χ0v) is 19.6. The van der Waals surface area contributed by atoms with Gasteiger partial charge in [0.1, 0.15) is 12.2 Å². The Morgan fingerprint density at radius 1 is 1.12 bits per heavy atom. The first-order valence-electron chi connectivity index (χ1n) is 11.6. The Labute approximate surface area is 197 Å². The molecule has 2 aliphatic rings. The molecular formula is C26H26ClN5O. The van der Waals surface area contributed by atoms with Crippen LogP contribution in [0.5, 0.6) is 0 Å². The average molecular weight is 460 g/mol. The number of hydrogen-bond donors (Lipinski definition) is 1. The summed E-state index contributed by atoms with van der Waals surface area (Å²) in [7, 11) is 0. The number of fused-ring (bicyclic) bond motifs is 3. The van der Waals surface area contributed by atoms with Crippen LogP contribution in [0, 0.1) is 13.8 Å². The summed E-state index contributed by atoms with van der Waals surface area (Å²) in [5, 5.41) is 13.0. The molecule has 1 atom stereocenters. The molecule has 1 aliphatic carbocycles. The molecule has 1 fully saturated rings. The molecule has 7 heteroatoms. The fraction of sp³-hybridized carbons (Fsp3) is 0.346. The third kappa shape index (κ3) is 3.53. The number of carbonyl (C=O) groups is 1. The lowest BCUT2D eigenvalue weighted by atomic mass is 9.99. The summed E-state index contributed by atoms with van der Waals surface area (Å²) >= 11 is 6.51. The lowest BCUT2D eigenvalue weighted by Crippen LogP contribution is -2.41. The zero-order chi connectivity index (χ0) is 22.7. The normalized spacial score (nSPS) is 17.8. The third-order valence-corrected chi connectivity index (χ3v) is 7.33. The van der Waals surface area contributed by atoms with Gasteiger partial charge in [0.15, 0.2) is 0 Å². The smallest absolute Gasteiger partial charge is 0.253 e. The zero-order valence-electron chi connectivity index (χ0n) is 18.8. The van der Waals surface area contributed by atoms with Crippen LogP contribution < -0.4 is 5.32 Å². The largest absolute Gasteiger partial charge is 0.347 e. The SMILES string of the molecule is Cc1ccc2c(c1)c(C1CC1)c1n2CC(NC(=O)c2ccc(-n3cnnc3C)cc2Cl)CC1. The van der Waals surface area contributed by atoms with Gasteiger partial charge < -0.3 is 9.88 Å². The minimum absolute atomic E-state index is 0.0739. The molecule has 6 rings (SSSR count). The van der Waals surface area contributed by atoms with Crippen LogP contribution in [0.4, 0.5) is 0 Å². The Morgan fingerprint density at radius 3 is 2.70 bits per heavy atom. The fourth-order valence-electron chi connectivity index (χ4n) is 5.24. The van der Waals surface area contributed by atoms with Gasteiger partial charge in [-0.2, -0.15) is 0 Å². The van der Waals surface area contributed by atoms with Crippen molar-refractivity contribution in [3.05, 3.63) is 76.0 Å². The maximum atomic E-state index is 13.1. The number of halogens is 1. The van der Waals surface area contributed by atoms with Crippen LogP contribution in [0.2, 0.25) is 5.02 Å². The molecule has 1 N–H and O–H groups in total. The highest BCUT2D eigenvalue weighted by Crippen LogP contribution is 2.47. The third-order valence-electron chi connectivity index (χ3n) is 7.02. The van der Waals surface area contributed by atoms with E-state index in [0.29, 0.717) is 16.5 Å². The first-order valence-corrected chi connectivity index (χ1v) is 12.0. The van der Waals surface area contributed by atoms with Crippen LogP contribution in [-0.2, 0) is 13.0 Å². The van der Waals surface area contributed by atoms with E-state index in [2.05, 4.69) is 45.2 Å². The quantitative estimate of drug-likeness (QED) is 0.461. The molecule has 33 heavy (non-hydrogen) atoms. The van der Waals surface area contributed by atoms with Gasteiger partial charge in [-0.05, 0) is 81.3 Å². The van der Waals surface area contributed by atoms with Crippen LogP contribution in [0.15, 0.2) is 42.7 Å². The highest BCUT2D eigenvalue weighted by molar-refractivity contribution is 6.34. The number of carbonyl (C=O) groups excluding carboxylic acids is 1. The predicted molar refractivity (Wildman–Crippen MR) is 129 cm³/mol. The number of nitrogens with zero attached hydrogens (tertiary/aromatic N) is 4. The molecule has 2 aromatic carbocycles. The fourth-order valence-corrected chi connectivity index (χ4v) is 5.50. The predicted octanol–water partition coefficient (Wildman–Crippen LogP) is 5.11. The van der Waals surface area contributed by atoms with Crippen LogP contribution in [0.1, 0.15) is 58.2 Å². The van der Waals surface area contributed by atoms with Gasteiger partial charge in [0, 0.05) is 34.9 Å². The van der Waals surface area contributed by atoms with Crippen LogP contribution >= 0.6 is 11.6 Å². The molecule has 6 nitrogen and oxygen atoms in total. The van der Waals surface area contributed by atoms with Gasteiger partial charge in [-0.1, -0.05) is 23.2 Å². The van der Waals surface area contributed by atoms with Gasteiger partial charge in [-0.25, -0.2) is 0 Å². The molecule has 1 unspecified atom stereocenters. The summed E-state index contributed by atoms with van der Waals surface area (Å²) in [5.74, 6) is 1.35. The van der Waals surface area contributed by atoms with E-state index in [1.807, 2.05) is 17.6 Å². The monoisotopic (exact) mass is 459 g/mol. The first kappa shape index (κ1) is 20.5. The minimum Gasteiger partial charge on any atom is -0.347 e. The van der Waals surface area contributed by atoms with E-state index >= 15 is 0 Å². The van der Waals surface area contributed by atoms with E-state index in [0.717, 1.165) is 30.9 Å². The Balaban J connectivity index is 1.25. The van der Waals surface area contributed by atoms with Gasteiger partial charge in [0.2, 0.25) is 0 Å². The second-order valence-electron chi connectivity index (χ2n) is 9.39. The number of rotatable bonds is 4. The Kier molecular flexibility index (Phi) is 4.80. The Bertz CT molecular complexity index is 1400. The van der Waals surface area contributed by atoms with E-state index in [1.54, 1.807) is 24.0 Å². The summed E-state index contributed by atoms with van der Waals surface area (Å²) in [4.78, 5) is 13.1. The standard InChI is InChI=1S/C26H26ClN5O/c1-15-3-9-23-21(11-15)25(17-4-5-17)24-10-6-18(13-31(23)24)29-26(33)20-8-7-19(12-22(20)27)32-14-28-30-16(32)2/h3,7-9,11-12,14,17-18H,4-6,10,13H2,1-2H3,(H,29,33). The lowest BCUT2D eigenvalue weighted by Gasteiger charge is -2.27. The maximum absolute atomic E-state index is 13.1. The molecule has 168 valence electrons. The number of nitrogens with one attached hydrogen (secondary N) is 1. The molecular weight excluding hydrogens is 434 g/mol. The Morgan fingerprint density at radius 2 is 1.97 bits per heavy atom. The van der Waals surface area contributed by atoms with Crippen LogP contribution in [0.3, 0.4) is 0 Å². The molecule has 1 aliphatic heterocycles. The van der Waals surface area contributed by atoms with E-state index in [9.17, 15) is 4.79 Å². The van der Waals surface area contributed by atoms with Crippen molar-refractivity contribution in [1.82, 2.24) is 24.6 Å². The molecule has 0 radical (unpaired) electrons. The summed E-state index contributed by atoms with van der Waals surface area (Å²) < 4.78 is 4.28. The van der Waals surface area contributed by atoms with Gasteiger partial charge in [-0.3, -0.25) is 9.36 Å². The number of amides is 1. The van der Waals surface area contributed by atoms with Gasteiger partial charge >= 0.3 is 0 Å². The number of benzene rings is 2. The van der Waals surface area contributed by atoms with Crippen molar-refractivity contribution < 1.29 is 4.79 Å². The topological polar surface area (TPSA) is 64.7 Å². The van der Waals surface area contributed by atoms with Crippen molar-refractivity contribution in [3.63, 3.8) is 0 Å². The molecule has 0 bridgehead atoms. The second kappa shape index (κ2) is 7.73. The van der Waals surface area contributed by atoms with Crippen molar-refractivity contribution >= 4 is 28.4 Å². The number of aryl methyl sites for hydroxylation is 2. The number of hydrogen-bond acceptors (Lipinski definition) is 3. The van der Waals surface area contributed by atoms with Crippen molar-refractivity contribution in [3.8, 4) is 5.69 Å². The highest BCUT2D eigenvalue weighted by atomic mass is 35.5. The maximum Gasteiger partial charge on any atom is 0.253 e. The molecule has 3 heterocycles. The lowest BCUT2D eigenvalue weighted by molar-refractivity contribution is 0.0928. The van der Waals surface area contributed by atoms with Crippen molar-refractivity contribution in [2.45, 2.75) is 58.0 Å². The summed E-state index contributed by atoms with van der Waals surface area (Å²) in [6, 6.07) is 12.3. The molecule has 1 amide bonds. The summed E-state index contributed by atoms with van der Waals surface area (Å²) in [6.07, 6.45) is 6.16. The molecule has 1 saturated carbocycles. The Hall–Kier alpha value is -3.12. The molecule has 0 spiro atoms. The highest BCUT2D eigenvalue weighted by Gasteiger charge is 2.33. The minimum atomic E-state index is -0.129. The van der Waals surface area contributed by atoms with Gasteiger partial charge in [0.05, 0.1) is 10.6 Å². The van der Waals surface area contributed by atoms with E-state index in [4.69, 9.17) is 11.6 Å². The van der Waals surface area contributed by atoms with E-state index in [-0.39, 0.29) is 11.9 Å². The summed E-state index contributed by atoms with van der Waals surface area (Å²) in [5.41, 5.74) is 6.95. The van der Waals surface area contributed by atoms with Crippen molar-refractivity contribution in [2.24, 2.45) is 0 Å². The van der Waals surface area contributed by atoms with E-state index < -0.39 is 0 Å². The van der Waals surface area contributed by atoms with Crippen molar-refractivity contribution in [2.75, 3.05) is 0 Å². The van der Waals surface area contributed by atoms with Gasteiger partial charge in [-0.15, -0.1) is 10.2 Å². The molecule has 4 aromatic rings. The van der Waals surface area contributed by atoms with Crippen molar-refractivity contribution in [1.29, 1.82) is 0 Å².